The second-order valence-corrected chi connectivity index (χ2v) is 3.43. The Hall–Kier alpha value is -0.490. The van der Waals surface area contributed by atoms with Gasteiger partial charge in [-0.15, -0.1) is 0 Å². The van der Waals surface area contributed by atoms with E-state index in [-0.39, 0.29) is 6.10 Å². The van der Waals surface area contributed by atoms with Gasteiger partial charge in [-0.1, -0.05) is 0 Å². The predicted octanol–water partition coefficient (Wildman–Crippen LogP) is -1.47. The Kier molecular flexibility index (Phi) is 1.45. The summed E-state index contributed by atoms with van der Waals surface area (Å²) >= 11 is 0. The quantitative estimate of drug-likeness (QED) is 0.464. The summed E-state index contributed by atoms with van der Waals surface area (Å²) in [6.45, 7) is 2.62. The van der Waals surface area contributed by atoms with Crippen LogP contribution in [-0.2, 0) is 4.74 Å². The van der Waals surface area contributed by atoms with E-state index >= 15 is 0 Å². The molecule has 0 aliphatic carbocycles. The van der Waals surface area contributed by atoms with Crippen LogP contribution in [0.4, 0.5) is 0 Å². The third-order valence-electron chi connectivity index (χ3n) is 2.70. The molecule has 3 aliphatic rings. The van der Waals surface area contributed by atoms with E-state index < -0.39 is 0 Å². The van der Waals surface area contributed by atoms with E-state index in [0.717, 1.165) is 19.7 Å². The monoisotopic (exact) mass is 168 g/mol. The van der Waals surface area contributed by atoms with Gasteiger partial charge in [-0.05, 0) is 0 Å². The number of fused-ring (bicyclic) bond motifs is 3. The van der Waals surface area contributed by atoms with Gasteiger partial charge in [0.1, 0.15) is 6.10 Å². The lowest BCUT2D eigenvalue weighted by atomic mass is 10.1. The highest BCUT2D eigenvalue weighted by Crippen LogP contribution is 2.21. The molecule has 5 heteroatoms. The van der Waals surface area contributed by atoms with E-state index in [1.807, 2.05) is 6.21 Å². The van der Waals surface area contributed by atoms with Gasteiger partial charge in [0.2, 0.25) is 0 Å². The Labute approximate surface area is 70.7 Å². The molecule has 66 valence electrons. The van der Waals surface area contributed by atoms with Crippen molar-refractivity contribution in [3.8, 4) is 0 Å². The van der Waals surface area contributed by atoms with Crippen LogP contribution in [0.5, 0.6) is 0 Å². The van der Waals surface area contributed by atoms with Gasteiger partial charge in [-0.2, -0.15) is 5.53 Å². The Morgan fingerprint density at radius 1 is 1.58 bits per heavy atom. The summed E-state index contributed by atoms with van der Waals surface area (Å²) in [7, 11) is 0. The molecule has 3 atom stereocenters. The molecule has 5 nitrogen and oxygen atoms in total. The largest absolute Gasteiger partial charge is 0.369 e. The fraction of sp³-hybridized carbons (Fsp3) is 0.857. The molecule has 0 aromatic heterocycles. The van der Waals surface area contributed by atoms with E-state index in [1.165, 1.54) is 0 Å². The molecule has 0 spiro atoms. The number of hydrogen-bond acceptors (Lipinski definition) is 5. The Morgan fingerprint density at radius 2 is 2.58 bits per heavy atom. The average Bonchev–Trinajstić information content (AvgIpc) is 2.71. The van der Waals surface area contributed by atoms with Crippen molar-refractivity contribution in [3.63, 3.8) is 0 Å². The van der Waals surface area contributed by atoms with Gasteiger partial charge >= 0.3 is 0 Å². The maximum absolute atomic E-state index is 5.64. The molecule has 0 saturated carbocycles. The maximum Gasteiger partial charge on any atom is 0.111 e. The summed E-state index contributed by atoms with van der Waals surface area (Å²) in [4.78, 5) is 4.23. The SMILES string of the molecule is C1=NCC2C1OCC1CNNN12. The van der Waals surface area contributed by atoms with E-state index in [2.05, 4.69) is 21.0 Å². The summed E-state index contributed by atoms with van der Waals surface area (Å²) in [5, 5.41) is 2.24. The zero-order chi connectivity index (χ0) is 7.97. The highest BCUT2D eigenvalue weighted by molar-refractivity contribution is 5.67. The first-order valence-corrected chi connectivity index (χ1v) is 4.33. The Bertz CT molecular complexity index is 219. The van der Waals surface area contributed by atoms with Crippen LogP contribution in [0, 0.1) is 0 Å². The number of rotatable bonds is 0. The van der Waals surface area contributed by atoms with Crippen LogP contribution in [0.1, 0.15) is 0 Å². The smallest absolute Gasteiger partial charge is 0.111 e. The minimum atomic E-state index is 0.202. The van der Waals surface area contributed by atoms with Gasteiger partial charge < -0.3 is 4.74 Å². The number of nitrogens with zero attached hydrogens (tertiary/aromatic N) is 2. The van der Waals surface area contributed by atoms with Gasteiger partial charge in [-0.25, -0.2) is 10.4 Å². The highest BCUT2D eigenvalue weighted by Gasteiger charge is 2.41. The van der Waals surface area contributed by atoms with Crippen LogP contribution in [0.15, 0.2) is 4.99 Å². The molecule has 3 unspecified atom stereocenters. The zero-order valence-corrected chi connectivity index (χ0v) is 6.73. The molecule has 3 aliphatic heterocycles. The molecule has 0 bridgehead atoms. The van der Waals surface area contributed by atoms with Crippen molar-refractivity contribution in [3.05, 3.63) is 0 Å². The molecule has 2 saturated heterocycles. The molecule has 0 aromatic rings. The number of ether oxygens (including phenoxy) is 1. The summed E-state index contributed by atoms with van der Waals surface area (Å²) in [6, 6.07) is 0.881. The molecule has 0 amide bonds. The number of morpholine rings is 1. The first-order valence-electron chi connectivity index (χ1n) is 4.33. The number of nitrogens with one attached hydrogen (secondary N) is 2. The minimum absolute atomic E-state index is 0.202. The van der Waals surface area contributed by atoms with E-state index in [9.17, 15) is 0 Å². The van der Waals surface area contributed by atoms with Crippen LogP contribution in [0.3, 0.4) is 0 Å². The minimum Gasteiger partial charge on any atom is -0.369 e. The normalized spacial score (nSPS) is 46.2. The van der Waals surface area contributed by atoms with Crippen molar-refractivity contribution < 1.29 is 4.74 Å². The third-order valence-corrected chi connectivity index (χ3v) is 2.70. The lowest BCUT2D eigenvalue weighted by molar-refractivity contribution is -0.0655. The molecule has 12 heavy (non-hydrogen) atoms. The topological polar surface area (TPSA) is 48.9 Å². The molecule has 3 heterocycles. The molecule has 2 N–H and O–H groups in total. The maximum atomic E-state index is 5.64. The first kappa shape index (κ1) is 6.97. The lowest BCUT2D eigenvalue weighted by Crippen LogP contribution is -2.58. The molecular weight excluding hydrogens is 156 g/mol. The van der Waals surface area contributed by atoms with Gasteiger partial charge in [0.15, 0.2) is 0 Å². The second-order valence-electron chi connectivity index (χ2n) is 3.43. The van der Waals surface area contributed by atoms with E-state index in [4.69, 9.17) is 4.74 Å². The van der Waals surface area contributed by atoms with Crippen molar-refractivity contribution in [1.29, 1.82) is 0 Å². The lowest BCUT2D eigenvalue weighted by Gasteiger charge is -2.36. The average molecular weight is 168 g/mol. The standard InChI is InChI=1S/C7H12N4O/c1-5-4-12-7-3-8-2-6(7)11(5)10-9-1/h3,5-7,9-10H,1-2,4H2. The first-order chi connectivity index (χ1) is 5.95. The zero-order valence-electron chi connectivity index (χ0n) is 6.73. The molecule has 2 fully saturated rings. The van der Waals surface area contributed by atoms with Crippen LogP contribution >= 0.6 is 0 Å². The van der Waals surface area contributed by atoms with E-state index in [0.29, 0.717) is 12.1 Å². The second kappa shape index (κ2) is 2.50. The van der Waals surface area contributed by atoms with Crippen LogP contribution in [-0.4, -0.2) is 49.1 Å². The van der Waals surface area contributed by atoms with Crippen molar-refractivity contribution in [2.75, 3.05) is 19.7 Å². The van der Waals surface area contributed by atoms with Crippen molar-refractivity contribution >= 4 is 6.21 Å². The van der Waals surface area contributed by atoms with Crippen molar-refractivity contribution in [2.24, 2.45) is 4.99 Å². The number of hydrazine groups is 2. The summed E-state index contributed by atoms with van der Waals surface area (Å²) in [6.07, 6.45) is 2.12. The van der Waals surface area contributed by atoms with Gasteiger partial charge in [-0.3, -0.25) is 4.99 Å². The van der Waals surface area contributed by atoms with Gasteiger partial charge in [0.05, 0.1) is 25.2 Å². The van der Waals surface area contributed by atoms with E-state index in [1.54, 1.807) is 0 Å². The fourth-order valence-corrected chi connectivity index (χ4v) is 2.04. The molecule has 0 aromatic carbocycles. The third kappa shape index (κ3) is 0.847. The van der Waals surface area contributed by atoms with Gasteiger partial charge in [0.25, 0.3) is 0 Å². The molecular formula is C7H12N4O. The van der Waals surface area contributed by atoms with Crippen LogP contribution < -0.4 is 11.0 Å². The van der Waals surface area contributed by atoms with Crippen LogP contribution in [0.2, 0.25) is 0 Å². The number of hydrogen-bond donors (Lipinski definition) is 2. The van der Waals surface area contributed by atoms with Crippen molar-refractivity contribution in [2.45, 2.75) is 18.2 Å². The van der Waals surface area contributed by atoms with Gasteiger partial charge in [0, 0.05) is 12.8 Å². The Morgan fingerprint density at radius 3 is 3.58 bits per heavy atom. The van der Waals surface area contributed by atoms with Crippen LogP contribution in [0.25, 0.3) is 0 Å². The summed E-state index contributed by atoms with van der Waals surface area (Å²) in [5.41, 5.74) is 6.27. The predicted molar refractivity (Wildman–Crippen MR) is 43.7 cm³/mol. The fourth-order valence-electron chi connectivity index (χ4n) is 2.04. The number of aliphatic imine (C=N–C) groups is 1. The summed E-state index contributed by atoms with van der Waals surface area (Å²) in [5.74, 6) is 0. The molecule has 0 radical (unpaired) electrons. The summed E-state index contributed by atoms with van der Waals surface area (Å²) < 4.78 is 5.64. The molecule has 3 rings (SSSR count). The van der Waals surface area contributed by atoms with Crippen molar-refractivity contribution in [1.82, 2.24) is 16.0 Å². The Balaban J connectivity index is 1.83. The highest BCUT2D eigenvalue weighted by atomic mass is 16.5.